The lowest BCUT2D eigenvalue weighted by Gasteiger charge is -2.40. The number of nitrogens with one attached hydrogen (secondary N) is 1. The molecule has 6 N–H and O–H groups in total. The Bertz CT molecular complexity index is 965. The summed E-state index contributed by atoms with van der Waals surface area (Å²) in [5, 5.41) is 33.3. The van der Waals surface area contributed by atoms with Crippen LogP contribution >= 0.6 is 15.6 Å². The molecule has 0 aliphatic carbocycles. The van der Waals surface area contributed by atoms with Gasteiger partial charge in [-0.3, -0.25) is 13.8 Å². The van der Waals surface area contributed by atoms with Gasteiger partial charge in [0.2, 0.25) is 0 Å². The minimum atomic E-state index is -5.30. The fraction of sp³-hybridized carbons (Fsp3) is 0.722. The van der Waals surface area contributed by atoms with Crippen LogP contribution in [0.1, 0.15) is 13.3 Å². The van der Waals surface area contributed by atoms with E-state index in [2.05, 4.69) is 20.7 Å². The van der Waals surface area contributed by atoms with Crippen molar-refractivity contribution in [3.05, 3.63) is 24.7 Å². The third-order valence-corrected chi connectivity index (χ3v) is 8.30. The second kappa shape index (κ2) is 11.3. The minimum Gasteiger partial charge on any atom is -0.387 e. The summed E-state index contributed by atoms with van der Waals surface area (Å²) in [7, 11) is -7.22. The van der Waals surface area contributed by atoms with Crippen molar-refractivity contribution in [2.45, 2.75) is 62.4 Å². The summed E-state index contributed by atoms with van der Waals surface area (Å²) in [6.45, 7) is 4.41. The van der Waals surface area contributed by atoms with E-state index < -0.39 is 77.2 Å². The molecule has 0 saturated carbocycles. The normalized spacial score (nSPS) is 38.6. The van der Waals surface area contributed by atoms with Gasteiger partial charge in [-0.1, -0.05) is 6.58 Å². The molecule has 0 aromatic carbocycles. The molecule has 3 aliphatic rings. The highest BCUT2D eigenvalue weighted by atomic mass is 31.3. The van der Waals surface area contributed by atoms with Gasteiger partial charge in [0.1, 0.15) is 30.2 Å². The van der Waals surface area contributed by atoms with Gasteiger partial charge in [0, 0.05) is 18.3 Å². The second-order valence-corrected chi connectivity index (χ2v) is 11.7. The highest BCUT2D eigenvalue weighted by Crippen LogP contribution is 2.61. The van der Waals surface area contributed by atoms with Gasteiger partial charge >= 0.3 is 15.6 Å². The Hall–Kier alpha value is -1.23. The van der Waals surface area contributed by atoms with Crippen molar-refractivity contribution in [1.82, 2.24) is 15.1 Å². The van der Waals surface area contributed by atoms with E-state index in [4.69, 9.17) is 14.0 Å². The number of carbonyl (C=O) groups excluding carboxylic acids is 1. The van der Waals surface area contributed by atoms with E-state index in [0.29, 0.717) is 6.42 Å². The summed E-state index contributed by atoms with van der Waals surface area (Å²) in [6, 6.07) is -0.490. The summed E-state index contributed by atoms with van der Waals surface area (Å²) < 4.78 is 49.3. The maximum Gasteiger partial charge on any atom is 0.483 e. The first-order valence-electron chi connectivity index (χ1n) is 10.8. The van der Waals surface area contributed by atoms with Crippen LogP contribution in [0.2, 0.25) is 0 Å². The molecule has 3 rings (SSSR count). The maximum atomic E-state index is 12.4. The van der Waals surface area contributed by atoms with Crippen LogP contribution in [0.3, 0.4) is 0 Å². The topological polar surface area (TPSA) is 217 Å². The van der Waals surface area contributed by atoms with Crippen LogP contribution in [0.15, 0.2) is 24.7 Å². The Kier molecular flexibility index (Phi) is 9.17. The zero-order valence-electron chi connectivity index (χ0n) is 19.7. The number of nitrogens with zero attached hydrogens (tertiary/aromatic N) is 2. The summed E-state index contributed by atoms with van der Waals surface area (Å²) >= 11 is 0. The maximum absolute atomic E-state index is 12.4. The largest absolute Gasteiger partial charge is 0.483 e. The number of likely N-dealkylation sites (N-methyl/N-ethyl adjacent to an activating group) is 1. The van der Waals surface area contributed by atoms with Gasteiger partial charge in [0.25, 0.3) is 5.91 Å². The number of amides is 1. The molecule has 3 heterocycles. The second-order valence-electron chi connectivity index (χ2n) is 8.70. The minimum absolute atomic E-state index is 0.0489. The van der Waals surface area contributed by atoms with Crippen LogP contribution < -0.4 is 5.32 Å². The van der Waals surface area contributed by atoms with E-state index in [1.807, 2.05) is 0 Å². The van der Waals surface area contributed by atoms with Gasteiger partial charge in [0.05, 0.1) is 12.7 Å². The Morgan fingerprint density at radius 2 is 1.83 bits per heavy atom. The van der Waals surface area contributed by atoms with Gasteiger partial charge in [-0.2, -0.15) is 4.31 Å². The molecule has 0 bridgehead atoms. The van der Waals surface area contributed by atoms with E-state index in [1.54, 1.807) is 25.9 Å². The summed E-state index contributed by atoms with van der Waals surface area (Å²) in [4.78, 5) is 34.2. The van der Waals surface area contributed by atoms with Crippen molar-refractivity contribution in [3.63, 3.8) is 0 Å². The lowest BCUT2D eigenvalue weighted by Crippen LogP contribution is -2.53. The SMILES string of the molecule is C=C1NC(=O)C=CN1[C@@H]1O[C@H](COP(=O)(O)OP(=O)(O)O[C@@H]2OC(C)C[C@H](N(C)C)C2O)C(O)[C@@H]1O. The fourth-order valence-electron chi connectivity index (χ4n) is 3.92. The van der Waals surface area contributed by atoms with E-state index in [0.717, 1.165) is 6.08 Å². The average molecular weight is 559 g/mol. The van der Waals surface area contributed by atoms with Crippen LogP contribution in [0.4, 0.5) is 0 Å². The van der Waals surface area contributed by atoms with Crippen LogP contribution in [0, 0.1) is 0 Å². The van der Waals surface area contributed by atoms with Crippen molar-refractivity contribution in [2.75, 3.05) is 20.7 Å². The lowest BCUT2D eigenvalue weighted by molar-refractivity contribution is -0.222. The molecule has 1 amide bonds. The standard InChI is InChI=1S/C18H31N3O13P2/c1-9-7-11(20(3)4)14(23)18(31-9)33-36(28,29)34-35(26,27)30-8-12-15(24)16(25)17(32-12)21-6-5-13(22)19-10(21)2/h5-6,9,11-12,14-18,23-25H,2,7-8H2,1,3-4H3,(H,19,22)(H,26,27)(H,28,29)/t9?,11-,12+,14?,15?,16-,17+,18-/m0/s1. The summed E-state index contributed by atoms with van der Waals surface area (Å²) in [5.74, 6) is -0.413. The third kappa shape index (κ3) is 6.99. The summed E-state index contributed by atoms with van der Waals surface area (Å²) in [6.07, 6.45) is -6.46. The molecule has 3 aliphatic heterocycles. The average Bonchev–Trinajstić information content (AvgIpc) is 3.02. The number of ether oxygens (including phenoxy) is 2. The molecule has 0 spiro atoms. The van der Waals surface area contributed by atoms with E-state index >= 15 is 0 Å². The van der Waals surface area contributed by atoms with Crippen molar-refractivity contribution in [1.29, 1.82) is 0 Å². The first kappa shape index (κ1) is 29.3. The zero-order chi connectivity index (χ0) is 27.0. The quantitative estimate of drug-likeness (QED) is 0.178. The van der Waals surface area contributed by atoms with Crippen LogP contribution in [0.5, 0.6) is 0 Å². The van der Waals surface area contributed by atoms with Gasteiger partial charge in [0.15, 0.2) is 12.5 Å². The molecule has 206 valence electrons. The molecular formula is C18H31N3O13P2. The van der Waals surface area contributed by atoms with E-state index in [-0.39, 0.29) is 5.82 Å². The molecule has 0 aromatic heterocycles. The van der Waals surface area contributed by atoms with Crippen LogP contribution in [0.25, 0.3) is 0 Å². The Morgan fingerprint density at radius 3 is 2.44 bits per heavy atom. The van der Waals surface area contributed by atoms with Crippen molar-refractivity contribution >= 4 is 21.6 Å². The third-order valence-electron chi connectivity index (χ3n) is 5.70. The lowest BCUT2D eigenvalue weighted by atomic mass is 9.99. The van der Waals surface area contributed by atoms with Gasteiger partial charge < -0.3 is 49.7 Å². The first-order valence-corrected chi connectivity index (χ1v) is 13.8. The molecule has 16 nitrogen and oxygen atoms in total. The van der Waals surface area contributed by atoms with Crippen molar-refractivity contribution < 1.29 is 61.9 Å². The number of hydrogen-bond acceptors (Lipinski definition) is 13. The van der Waals surface area contributed by atoms with Gasteiger partial charge in [-0.15, -0.1) is 0 Å². The number of aliphatic hydroxyl groups excluding tert-OH is 3. The van der Waals surface area contributed by atoms with Crippen LogP contribution in [-0.4, -0.2) is 111 Å². The van der Waals surface area contributed by atoms with Gasteiger partial charge in [-0.05, 0) is 27.4 Å². The Labute approximate surface area is 206 Å². The van der Waals surface area contributed by atoms with Crippen LogP contribution in [-0.2, 0) is 36.8 Å². The van der Waals surface area contributed by atoms with Gasteiger partial charge in [-0.25, -0.2) is 9.13 Å². The molecule has 2 saturated heterocycles. The predicted octanol–water partition coefficient (Wildman–Crippen LogP) is -1.47. The number of rotatable bonds is 9. The Balaban J connectivity index is 1.58. The highest BCUT2D eigenvalue weighted by molar-refractivity contribution is 7.61. The van der Waals surface area contributed by atoms with E-state index in [9.17, 15) is 39.0 Å². The molecule has 0 aromatic rings. The number of phosphoric acid groups is 2. The number of carbonyl (C=O) groups is 1. The summed E-state index contributed by atoms with van der Waals surface area (Å²) in [5.41, 5.74) is 0. The molecule has 2 fully saturated rings. The molecule has 18 heteroatoms. The Morgan fingerprint density at radius 1 is 1.17 bits per heavy atom. The highest BCUT2D eigenvalue weighted by Gasteiger charge is 2.48. The molecular weight excluding hydrogens is 528 g/mol. The monoisotopic (exact) mass is 559 g/mol. The fourth-order valence-corrected chi connectivity index (χ4v) is 6.08. The van der Waals surface area contributed by atoms with Crippen molar-refractivity contribution in [2.24, 2.45) is 0 Å². The first-order chi connectivity index (χ1) is 16.6. The molecule has 0 radical (unpaired) electrons. The zero-order valence-corrected chi connectivity index (χ0v) is 21.5. The number of phosphoric ester groups is 2. The smallest absolute Gasteiger partial charge is 0.387 e. The molecule has 5 unspecified atom stereocenters. The molecule has 10 atom stereocenters. The molecule has 36 heavy (non-hydrogen) atoms. The number of aliphatic hydroxyl groups is 3. The van der Waals surface area contributed by atoms with Crippen molar-refractivity contribution in [3.8, 4) is 0 Å². The predicted molar refractivity (Wildman–Crippen MR) is 119 cm³/mol. The van der Waals surface area contributed by atoms with E-state index in [1.165, 1.54) is 11.1 Å². The number of hydrogen-bond donors (Lipinski definition) is 6.